The first-order chi connectivity index (χ1) is 9.07. The SMILES string of the molecule is COC(=O)C1(NCc2cccs2)CCN(C)C(C)C1. The van der Waals surface area contributed by atoms with Crippen LogP contribution in [-0.2, 0) is 16.1 Å². The second-order valence-corrected chi connectivity index (χ2v) is 6.32. The number of piperidine rings is 1. The van der Waals surface area contributed by atoms with E-state index >= 15 is 0 Å². The molecule has 5 heteroatoms. The third kappa shape index (κ3) is 3.16. The molecule has 1 aliphatic rings. The van der Waals surface area contributed by atoms with Crippen LogP contribution >= 0.6 is 11.3 Å². The molecule has 0 spiro atoms. The summed E-state index contributed by atoms with van der Waals surface area (Å²) in [6.07, 6.45) is 1.59. The van der Waals surface area contributed by atoms with Gasteiger partial charge in [-0.1, -0.05) is 6.07 Å². The fraction of sp³-hybridized carbons (Fsp3) is 0.643. The molecule has 2 unspecified atom stereocenters. The summed E-state index contributed by atoms with van der Waals surface area (Å²) in [5.41, 5.74) is -0.537. The smallest absolute Gasteiger partial charge is 0.326 e. The standard InChI is InChI=1S/C14H22N2O2S/c1-11-9-14(13(17)18-3,6-7-16(11)2)15-10-12-5-4-8-19-12/h4-5,8,11,15H,6-7,9-10H2,1-3H3. The zero-order valence-electron chi connectivity index (χ0n) is 11.8. The van der Waals surface area contributed by atoms with Crippen LogP contribution in [0.3, 0.4) is 0 Å². The fourth-order valence-corrected chi connectivity index (χ4v) is 3.28. The summed E-state index contributed by atoms with van der Waals surface area (Å²) in [6, 6.07) is 4.49. The van der Waals surface area contributed by atoms with Gasteiger partial charge >= 0.3 is 5.97 Å². The Balaban J connectivity index is 2.09. The Morgan fingerprint density at radius 1 is 1.68 bits per heavy atom. The van der Waals surface area contributed by atoms with Crippen molar-refractivity contribution in [2.45, 2.75) is 37.9 Å². The molecule has 0 saturated carbocycles. The summed E-state index contributed by atoms with van der Waals surface area (Å²) < 4.78 is 5.03. The second-order valence-electron chi connectivity index (χ2n) is 5.29. The van der Waals surface area contributed by atoms with Crippen molar-refractivity contribution in [3.8, 4) is 0 Å². The molecule has 106 valence electrons. The molecule has 0 aliphatic carbocycles. The third-order valence-corrected chi connectivity index (χ3v) is 4.92. The Bertz CT molecular complexity index is 421. The van der Waals surface area contributed by atoms with Crippen molar-refractivity contribution in [2.24, 2.45) is 0 Å². The van der Waals surface area contributed by atoms with Crippen LogP contribution in [0.2, 0.25) is 0 Å². The van der Waals surface area contributed by atoms with Gasteiger partial charge < -0.3 is 9.64 Å². The highest BCUT2D eigenvalue weighted by Gasteiger charge is 2.44. The highest BCUT2D eigenvalue weighted by atomic mass is 32.1. The van der Waals surface area contributed by atoms with E-state index in [1.54, 1.807) is 11.3 Å². The number of thiophene rings is 1. The van der Waals surface area contributed by atoms with Crippen molar-refractivity contribution < 1.29 is 9.53 Å². The highest BCUT2D eigenvalue weighted by Crippen LogP contribution is 2.28. The molecule has 2 atom stereocenters. The van der Waals surface area contributed by atoms with Gasteiger partial charge in [0.1, 0.15) is 5.54 Å². The third-order valence-electron chi connectivity index (χ3n) is 4.04. The molecule has 1 N–H and O–H groups in total. The Hall–Kier alpha value is -0.910. The molecule has 19 heavy (non-hydrogen) atoms. The number of rotatable bonds is 4. The maximum atomic E-state index is 12.2. The number of nitrogens with zero attached hydrogens (tertiary/aromatic N) is 1. The van der Waals surface area contributed by atoms with Gasteiger partial charge in [-0.25, -0.2) is 0 Å². The number of carbonyl (C=O) groups excluding carboxylic acids is 1. The van der Waals surface area contributed by atoms with E-state index in [0.29, 0.717) is 6.04 Å². The molecular formula is C14H22N2O2S. The first kappa shape index (κ1) is 14.5. The monoisotopic (exact) mass is 282 g/mol. The van der Waals surface area contributed by atoms with Crippen molar-refractivity contribution in [1.82, 2.24) is 10.2 Å². The van der Waals surface area contributed by atoms with Gasteiger partial charge in [0.05, 0.1) is 7.11 Å². The van der Waals surface area contributed by atoms with E-state index in [1.165, 1.54) is 12.0 Å². The van der Waals surface area contributed by atoms with E-state index in [0.717, 1.165) is 25.9 Å². The number of likely N-dealkylation sites (tertiary alicyclic amines) is 1. The van der Waals surface area contributed by atoms with Crippen molar-refractivity contribution in [3.63, 3.8) is 0 Å². The van der Waals surface area contributed by atoms with Gasteiger partial charge in [-0.2, -0.15) is 0 Å². The van der Waals surface area contributed by atoms with Gasteiger partial charge in [0, 0.05) is 24.0 Å². The van der Waals surface area contributed by atoms with Crippen molar-refractivity contribution in [3.05, 3.63) is 22.4 Å². The van der Waals surface area contributed by atoms with Gasteiger partial charge in [0.2, 0.25) is 0 Å². The predicted octanol–water partition coefficient (Wildman–Crippen LogP) is 1.86. The van der Waals surface area contributed by atoms with Crippen molar-refractivity contribution in [2.75, 3.05) is 20.7 Å². The number of esters is 1. The lowest BCUT2D eigenvalue weighted by molar-refractivity contribution is -0.151. The lowest BCUT2D eigenvalue weighted by Gasteiger charge is -2.42. The lowest BCUT2D eigenvalue weighted by atomic mass is 9.83. The maximum absolute atomic E-state index is 12.2. The minimum absolute atomic E-state index is 0.135. The van der Waals surface area contributed by atoms with Gasteiger partial charge in [-0.05, 0) is 38.3 Å². The summed E-state index contributed by atoms with van der Waals surface area (Å²) in [5.74, 6) is -0.135. The largest absolute Gasteiger partial charge is 0.468 e. The highest BCUT2D eigenvalue weighted by molar-refractivity contribution is 7.09. The molecule has 4 nitrogen and oxygen atoms in total. The van der Waals surface area contributed by atoms with Crippen molar-refractivity contribution >= 4 is 17.3 Å². The zero-order chi connectivity index (χ0) is 13.9. The van der Waals surface area contributed by atoms with Crippen LogP contribution < -0.4 is 5.32 Å². The molecule has 1 fully saturated rings. The second kappa shape index (κ2) is 6.03. The molecular weight excluding hydrogens is 260 g/mol. The minimum Gasteiger partial charge on any atom is -0.468 e. The normalized spacial score (nSPS) is 28.3. The topological polar surface area (TPSA) is 41.6 Å². The van der Waals surface area contributed by atoms with Crippen LogP contribution in [0.4, 0.5) is 0 Å². The Morgan fingerprint density at radius 3 is 3.05 bits per heavy atom. The van der Waals surface area contributed by atoms with Crippen LogP contribution in [-0.4, -0.2) is 43.2 Å². The number of ether oxygens (including phenoxy) is 1. The molecule has 0 amide bonds. The number of carbonyl (C=O) groups is 1. The summed E-state index contributed by atoms with van der Waals surface area (Å²) in [7, 11) is 3.57. The molecule has 2 heterocycles. The van der Waals surface area contributed by atoms with Gasteiger partial charge in [-0.3, -0.25) is 10.1 Å². The first-order valence-electron chi connectivity index (χ1n) is 6.63. The van der Waals surface area contributed by atoms with E-state index in [4.69, 9.17) is 4.74 Å². The van der Waals surface area contributed by atoms with E-state index in [-0.39, 0.29) is 5.97 Å². The Labute approximate surface area is 118 Å². The average Bonchev–Trinajstić information content (AvgIpc) is 2.93. The molecule has 1 aromatic rings. The average molecular weight is 282 g/mol. The number of hydrogen-bond acceptors (Lipinski definition) is 5. The van der Waals surface area contributed by atoms with E-state index < -0.39 is 5.54 Å². The van der Waals surface area contributed by atoms with E-state index in [9.17, 15) is 4.79 Å². The molecule has 0 aromatic carbocycles. The Kier molecular flexibility index (Phi) is 4.60. The van der Waals surface area contributed by atoms with Crippen LogP contribution in [0.5, 0.6) is 0 Å². The quantitative estimate of drug-likeness (QED) is 0.856. The first-order valence-corrected chi connectivity index (χ1v) is 7.51. The molecule has 0 bridgehead atoms. The lowest BCUT2D eigenvalue weighted by Crippen LogP contribution is -2.60. The maximum Gasteiger partial charge on any atom is 0.326 e. The summed E-state index contributed by atoms with van der Waals surface area (Å²) in [6.45, 7) is 3.79. The van der Waals surface area contributed by atoms with Crippen LogP contribution in [0.25, 0.3) is 0 Å². The Morgan fingerprint density at radius 2 is 2.47 bits per heavy atom. The summed E-state index contributed by atoms with van der Waals surface area (Å²) in [4.78, 5) is 15.7. The van der Waals surface area contributed by atoms with Crippen LogP contribution in [0.1, 0.15) is 24.6 Å². The fourth-order valence-electron chi connectivity index (χ4n) is 2.63. The number of nitrogens with one attached hydrogen (secondary N) is 1. The molecule has 2 rings (SSSR count). The van der Waals surface area contributed by atoms with Crippen LogP contribution in [0, 0.1) is 0 Å². The predicted molar refractivity (Wildman–Crippen MR) is 77.2 cm³/mol. The minimum atomic E-state index is -0.537. The number of methoxy groups -OCH3 is 1. The molecule has 1 saturated heterocycles. The molecule has 0 radical (unpaired) electrons. The van der Waals surface area contributed by atoms with Gasteiger partial charge in [0.25, 0.3) is 0 Å². The van der Waals surface area contributed by atoms with Crippen LogP contribution in [0.15, 0.2) is 17.5 Å². The summed E-state index contributed by atoms with van der Waals surface area (Å²) >= 11 is 1.71. The van der Waals surface area contributed by atoms with Crippen molar-refractivity contribution in [1.29, 1.82) is 0 Å². The zero-order valence-corrected chi connectivity index (χ0v) is 12.6. The van der Waals surface area contributed by atoms with E-state index in [2.05, 4.69) is 35.6 Å². The molecule has 1 aliphatic heterocycles. The van der Waals surface area contributed by atoms with Gasteiger partial charge in [-0.15, -0.1) is 11.3 Å². The summed E-state index contributed by atoms with van der Waals surface area (Å²) in [5, 5.41) is 5.50. The molecule has 1 aromatic heterocycles. The van der Waals surface area contributed by atoms with Gasteiger partial charge in [0.15, 0.2) is 0 Å². The van der Waals surface area contributed by atoms with E-state index in [1.807, 2.05) is 6.07 Å². The number of hydrogen-bond donors (Lipinski definition) is 1.